The summed E-state index contributed by atoms with van der Waals surface area (Å²) in [4.78, 5) is 24.3. The van der Waals surface area contributed by atoms with E-state index >= 15 is 0 Å². The van der Waals surface area contributed by atoms with Gasteiger partial charge in [-0.2, -0.15) is 5.10 Å². The molecule has 0 saturated carbocycles. The third-order valence-electron chi connectivity index (χ3n) is 2.02. The molecule has 2 rings (SSSR count). The number of hydrogen-bond acceptors (Lipinski definition) is 3. The average Bonchev–Trinajstić information content (AvgIpc) is 2.25. The molecule has 1 heterocycles. The van der Waals surface area contributed by atoms with Crippen LogP contribution in [0.3, 0.4) is 0 Å². The molecule has 16 heavy (non-hydrogen) atoms. The van der Waals surface area contributed by atoms with Crippen LogP contribution in [0.4, 0.5) is 0 Å². The fourth-order valence-corrected chi connectivity index (χ4v) is 1.38. The molecule has 0 atom stereocenters. The van der Waals surface area contributed by atoms with E-state index in [1.54, 1.807) is 24.3 Å². The number of aromatic amines is 1. The molecule has 0 spiro atoms. The molecule has 0 radical (unpaired) electrons. The van der Waals surface area contributed by atoms with E-state index in [1.807, 2.05) is 0 Å². The number of halogens is 1. The highest BCUT2D eigenvalue weighted by Crippen LogP contribution is 2.09. The Hall–Kier alpha value is -1.88. The van der Waals surface area contributed by atoms with Crippen LogP contribution >= 0.6 is 11.6 Å². The second-order valence-electron chi connectivity index (χ2n) is 3.22. The highest BCUT2D eigenvalue weighted by molar-refractivity contribution is 6.30. The van der Waals surface area contributed by atoms with Gasteiger partial charge in [-0.3, -0.25) is 9.78 Å². The number of rotatable bonds is 2. The molecule has 0 aliphatic heterocycles. The molecule has 6 heteroatoms. The van der Waals surface area contributed by atoms with Gasteiger partial charge in [0.1, 0.15) is 6.20 Å². The van der Waals surface area contributed by atoms with Crippen molar-refractivity contribution in [3.63, 3.8) is 0 Å². The lowest BCUT2D eigenvalue weighted by Gasteiger charge is -2.02. The van der Waals surface area contributed by atoms with Gasteiger partial charge in [0.15, 0.2) is 0 Å². The summed E-state index contributed by atoms with van der Waals surface area (Å²) < 4.78 is 1.17. The van der Waals surface area contributed by atoms with Crippen molar-refractivity contribution in [3.8, 4) is 0 Å². The van der Waals surface area contributed by atoms with Crippen LogP contribution in [0.2, 0.25) is 5.02 Å². The van der Waals surface area contributed by atoms with E-state index in [0.29, 0.717) is 11.6 Å². The predicted molar refractivity (Wildman–Crippen MR) is 59.7 cm³/mol. The molecule has 1 aromatic heterocycles. The van der Waals surface area contributed by atoms with Crippen LogP contribution in [-0.2, 0) is 6.54 Å². The van der Waals surface area contributed by atoms with Gasteiger partial charge in [0, 0.05) is 5.02 Å². The molecule has 82 valence electrons. The van der Waals surface area contributed by atoms with E-state index in [9.17, 15) is 9.59 Å². The van der Waals surface area contributed by atoms with Crippen molar-refractivity contribution >= 4 is 11.6 Å². The first-order chi connectivity index (χ1) is 7.65. The Morgan fingerprint density at radius 1 is 1.25 bits per heavy atom. The molecule has 5 nitrogen and oxygen atoms in total. The topological polar surface area (TPSA) is 67.8 Å². The molecule has 0 bridgehead atoms. The number of H-pyrrole nitrogens is 1. The van der Waals surface area contributed by atoms with Gasteiger partial charge in [0.25, 0.3) is 5.56 Å². The van der Waals surface area contributed by atoms with Crippen molar-refractivity contribution in [1.82, 2.24) is 14.8 Å². The van der Waals surface area contributed by atoms with E-state index in [-0.39, 0.29) is 0 Å². The summed E-state index contributed by atoms with van der Waals surface area (Å²) in [6, 6.07) is 7.05. The maximum absolute atomic E-state index is 11.3. The Balaban J connectivity index is 2.30. The summed E-state index contributed by atoms with van der Waals surface area (Å²) in [5, 5.41) is 4.35. The minimum atomic E-state index is -0.526. The minimum absolute atomic E-state index is 0.298. The molecule has 1 N–H and O–H groups in total. The van der Waals surface area contributed by atoms with Gasteiger partial charge in [-0.15, -0.1) is 0 Å². The lowest BCUT2D eigenvalue weighted by atomic mass is 10.2. The monoisotopic (exact) mass is 237 g/mol. The average molecular weight is 238 g/mol. The van der Waals surface area contributed by atoms with Gasteiger partial charge in [-0.05, 0) is 17.7 Å². The molecule has 1 aromatic carbocycles. The second-order valence-corrected chi connectivity index (χ2v) is 3.66. The van der Waals surface area contributed by atoms with Crippen molar-refractivity contribution in [1.29, 1.82) is 0 Å². The lowest BCUT2D eigenvalue weighted by Crippen LogP contribution is -2.31. The number of aromatic nitrogens is 3. The fraction of sp³-hybridized carbons (Fsp3) is 0.100. The normalized spacial score (nSPS) is 10.3. The molecular weight excluding hydrogens is 230 g/mol. The van der Waals surface area contributed by atoms with Gasteiger partial charge >= 0.3 is 5.69 Å². The van der Waals surface area contributed by atoms with E-state index in [1.165, 1.54) is 4.68 Å². The van der Waals surface area contributed by atoms with Crippen molar-refractivity contribution < 1.29 is 0 Å². The summed E-state index contributed by atoms with van der Waals surface area (Å²) >= 11 is 5.74. The first-order valence-electron chi connectivity index (χ1n) is 4.56. The highest BCUT2D eigenvalue weighted by atomic mass is 35.5. The van der Waals surface area contributed by atoms with Crippen LogP contribution in [0, 0.1) is 0 Å². The Bertz CT molecular complexity index is 600. The van der Waals surface area contributed by atoms with Gasteiger partial charge in [0.2, 0.25) is 0 Å². The highest BCUT2D eigenvalue weighted by Gasteiger charge is 1.99. The number of nitrogens with zero attached hydrogens (tertiary/aromatic N) is 2. The standard InChI is InChI=1S/C10H8ClN3O2/c11-8-3-1-7(2-4-8)6-14-10(16)13-9(15)5-12-14/h1-5H,6H2,(H,13,15,16). The van der Waals surface area contributed by atoms with Crippen LogP contribution < -0.4 is 11.2 Å². The molecule has 0 saturated heterocycles. The Morgan fingerprint density at radius 2 is 1.94 bits per heavy atom. The molecule has 2 aromatic rings. The first-order valence-corrected chi connectivity index (χ1v) is 4.94. The van der Waals surface area contributed by atoms with Crippen LogP contribution in [0.1, 0.15) is 5.56 Å². The van der Waals surface area contributed by atoms with E-state index in [2.05, 4.69) is 10.1 Å². The van der Waals surface area contributed by atoms with Crippen molar-refractivity contribution in [2.75, 3.05) is 0 Å². The Labute approximate surface area is 95.3 Å². The predicted octanol–water partition coefficient (Wildman–Crippen LogP) is 0.633. The molecule has 0 amide bonds. The Morgan fingerprint density at radius 3 is 2.56 bits per heavy atom. The van der Waals surface area contributed by atoms with Gasteiger partial charge in [-0.1, -0.05) is 23.7 Å². The molecule has 0 unspecified atom stereocenters. The maximum atomic E-state index is 11.3. The van der Waals surface area contributed by atoms with Crippen LogP contribution in [0.25, 0.3) is 0 Å². The third kappa shape index (κ3) is 2.38. The van der Waals surface area contributed by atoms with E-state index < -0.39 is 11.2 Å². The van der Waals surface area contributed by atoms with Crippen molar-refractivity contribution in [2.45, 2.75) is 6.54 Å². The van der Waals surface area contributed by atoms with Crippen LogP contribution in [0.15, 0.2) is 40.1 Å². The van der Waals surface area contributed by atoms with Gasteiger partial charge in [0.05, 0.1) is 6.54 Å². The lowest BCUT2D eigenvalue weighted by molar-refractivity contribution is 0.607. The third-order valence-corrected chi connectivity index (χ3v) is 2.28. The summed E-state index contributed by atoms with van der Waals surface area (Å²) in [5.74, 6) is 0. The SMILES string of the molecule is O=c1cnn(Cc2ccc(Cl)cc2)c(=O)[nH]1. The number of hydrogen-bond donors (Lipinski definition) is 1. The first kappa shape index (κ1) is 10.6. The van der Waals surface area contributed by atoms with Gasteiger partial charge in [-0.25, -0.2) is 9.48 Å². The van der Waals surface area contributed by atoms with Crippen molar-refractivity contribution in [2.24, 2.45) is 0 Å². The Kier molecular flexibility index (Phi) is 2.87. The fourth-order valence-electron chi connectivity index (χ4n) is 1.25. The largest absolute Gasteiger partial charge is 0.345 e. The summed E-state index contributed by atoms with van der Waals surface area (Å²) in [7, 11) is 0. The zero-order valence-electron chi connectivity index (χ0n) is 8.18. The van der Waals surface area contributed by atoms with E-state index in [4.69, 9.17) is 11.6 Å². The zero-order chi connectivity index (χ0) is 11.5. The van der Waals surface area contributed by atoms with Crippen LogP contribution in [0.5, 0.6) is 0 Å². The molecule has 0 aliphatic rings. The minimum Gasteiger partial charge on any atom is -0.271 e. The maximum Gasteiger partial charge on any atom is 0.345 e. The zero-order valence-corrected chi connectivity index (χ0v) is 8.94. The number of nitrogens with one attached hydrogen (secondary N) is 1. The molecule has 0 aliphatic carbocycles. The van der Waals surface area contributed by atoms with Crippen molar-refractivity contribution in [3.05, 3.63) is 61.9 Å². The second kappa shape index (κ2) is 4.32. The van der Waals surface area contributed by atoms with Gasteiger partial charge < -0.3 is 0 Å². The number of benzene rings is 1. The summed E-state index contributed by atoms with van der Waals surface area (Å²) in [6.07, 6.45) is 1.07. The summed E-state index contributed by atoms with van der Waals surface area (Å²) in [5.41, 5.74) is -0.147. The van der Waals surface area contributed by atoms with E-state index in [0.717, 1.165) is 11.8 Å². The molecular formula is C10H8ClN3O2. The smallest absolute Gasteiger partial charge is 0.271 e. The quantitative estimate of drug-likeness (QED) is 0.833. The summed E-state index contributed by atoms with van der Waals surface area (Å²) in [6.45, 7) is 0.298. The molecule has 0 fully saturated rings. The van der Waals surface area contributed by atoms with Crippen LogP contribution in [-0.4, -0.2) is 14.8 Å².